The molecule has 4 fully saturated rings. The maximum atomic E-state index is 14.3. The van der Waals surface area contributed by atoms with Crippen molar-refractivity contribution in [2.45, 2.75) is 183 Å². The summed E-state index contributed by atoms with van der Waals surface area (Å²) in [4.78, 5) is 159. The summed E-state index contributed by atoms with van der Waals surface area (Å²) in [5.74, 6) is -10.1. The second kappa shape index (κ2) is 55.1. The Morgan fingerprint density at radius 3 is 1.36 bits per heavy atom. The van der Waals surface area contributed by atoms with E-state index in [9.17, 15) is 119 Å². The lowest BCUT2D eigenvalue weighted by Gasteiger charge is -2.42. The van der Waals surface area contributed by atoms with E-state index in [-0.39, 0.29) is 160 Å². The van der Waals surface area contributed by atoms with Gasteiger partial charge in [0.1, 0.15) is 98.5 Å². The lowest BCUT2D eigenvalue weighted by molar-refractivity contribution is -0.272. The van der Waals surface area contributed by atoms with Gasteiger partial charge in [-0.15, -0.1) is 0 Å². The molecule has 17 N–H and O–H groups in total. The van der Waals surface area contributed by atoms with E-state index in [4.69, 9.17) is 68.4 Å². The third-order valence-corrected chi connectivity index (χ3v) is 21.8. The fraction of sp³-hybridized carbons (Fsp3) is 0.773. The molecule has 4 aliphatic rings. The summed E-state index contributed by atoms with van der Waals surface area (Å²) < 4.78 is 72.4. The smallest absolute Gasteiger partial charge is 0.261 e. The van der Waals surface area contributed by atoms with Crippen molar-refractivity contribution in [3.05, 3.63) is 23.8 Å². The van der Waals surface area contributed by atoms with Crippen LogP contribution >= 0.6 is 6.72 Å². The molecule has 2 heterocycles. The van der Waals surface area contributed by atoms with Crippen LogP contribution in [0.3, 0.4) is 0 Å². The van der Waals surface area contributed by atoms with E-state index in [1.807, 2.05) is 0 Å². The Hall–Kier alpha value is -6.52. The van der Waals surface area contributed by atoms with Crippen LogP contribution in [0, 0.1) is 23.7 Å². The van der Waals surface area contributed by atoms with E-state index in [0.29, 0.717) is 19.3 Å². The number of ketones is 4. The number of carbonyl (C=O) groups excluding carboxylic acids is 11. The van der Waals surface area contributed by atoms with Crippen LogP contribution in [0.1, 0.15) is 95.8 Å². The second-order valence-corrected chi connectivity index (χ2v) is 32.4. The number of ether oxygens (including phenoxy) is 11. The van der Waals surface area contributed by atoms with Crippen molar-refractivity contribution in [1.29, 1.82) is 0 Å². The highest BCUT2D eigenvalue weighted by atomic mass is 32.5. The van der Waals surface area contributed by atoms with Gasteiger partial charge in [0.15, 0.2) is 43.1 Å². The highest BCUT2D eigenvalue weighted by Crippen LogP contribution is 2.40. The van der Waals surface area contributed by atoms with Gasteiger partial charge in [0, 0.05) is 117 Å². The van der Waals surface area contributed by atoms with E-state index >= 15 is 0 Å². The highest BCUT2D eigenvalue weighted by molar-refractivity contribution is 8.06. The minimum absolute atomic E-state index is 0.0114. The molecule has 21 unspecified atom stereocenters. The number of carbonyl (C=O) groups is 11. The molecule has 0 radical (unpaired) electrons. The minimum atomic E-state index is -4.21. The summed E-state index contributed by atoms with van der Waals surface area (Å²) in [6.45, 7) is -8.26. The first-order valence-electron chi connectivity index (χ1n) is 39.8. The number of aliphatic hydroxyl groups is 12. The van der Waals surface area contributed by atoms with E-state index < -0.39 is 247 Å². The van der Waals surface area contributed by atoms with E-state index in [0.717, 1.165) is 42.0 Å². The maximum Gasteiger partial charge on any atom is 0.261 e. The molecule has 1 aromatic rings. The summed E-state index contributed by atoms with van der Waals surface area (Å²) in [6.07, 6.45) is -16.2. The standard InChI is InChI=1S/C75H122N7O37PS/c1-42(87)25-54-46(26-48(35-83)66(98)68(54)100)9-6-14-108-17-12-76-59(94)33-81(31-50(91)10-7-15-109-19-22-112-56-29-49(36-84)67(99)71(103)63(56)78-43(2)88)61(96)40-115-52-27-47(55(93)39-117-120(106,121)107-5)28-53(30-52)116-41-62(97)82(32-51(92)11-8-16-110-20-23-113-74-64(79-44(3)89)72(104)69(101)57(37-85)118-74)34-60(95)77-13-18-111-21-24-114-75-65(80-45(4)90)73(105)70(102)58(38-86)119-75/h27-28,30,46,48-49,54,56-58,63-75,83-86,98-105H,6-26,29,31-41H2,1-5H3,(H,76,94)(H,77,95)(H,78,88)(H,79,89)(H,80,90)(H,106,121)/p-1. The Morgan fingerprint density at radius 2 is 0.909 bits per heavy atom. The van der Waals surface area contributed by atoms with Gasteiger partial charge in [0.2, 0.25) is 29.5 Å². The van der Waals surface area contributed by atoms with Crippen molar-refractivity contribution in [3.8, 4) is 11.5 Å². The van der Waals surface area contributed by atoms with Crippen LogP contribution in [0.2, 0.25) is 0 Å². The van der Waals surface area contributed by atoms with Crippen molar-refractivity contribution in [2.75, 3.05) is 165 Å². The molecule has 5 rings (SSSR count). The molecule has 46 heteroatoms. The van der Waals surface area contributed by atoms with Gasteiger partial charge in [0.25, 0.3) is 11.8 Å². The van der Waals surface area contributed by atoms with Gasteiger partial charge in [-0.3, -0.25) is 47.9 Å². The average molecular weight is 1780 g/mol. The first-order valence-corrected chi connectivity index (χ1v) is 42.3. The Bertz CT molecular complexity index is 3120. The summed E-state index contributed by atoms with van der Waals surface area (Å²) >= 11 is 4.80. The van der Waals surface area contributed by atoms with E-state index in [1.165, 1.54) is 20.8 Å². The molecule has 2 saturated carbocycles. The third kappa shape index (κ3) is 36.5. The largest absolute Gasteiger partial charge is 0.780 e. The van der Waals surface area contributed by atoms with Gasteiger partial charge < -0.3 is 169 Å². The van der Waals surface area contributed by atoms with Crippen LogP contribution < -0.4 is 41.0 Å². The first kappa shape index (κ1) is 105. The zero-order valence-corrected chi connectivity index (χ0v) is 70.1. The van der Waals surface area contributed by atoms with Crippen molar-refractivity contribution >= 4 is 83.0 Å². The first-order chi connectivity index (χ1) is 57.5. The second-order valence-electron chi connectivity index (χ2n) is 29.6. The molecule has 1 aromatic carbocycles. The number of amides is 7. The SMILES string of the molecule is COP([O-])(=S)OCC(=O)c1cc(OCC(=O)N(CC(=O)CCCOCCOC2CC(CO)C(O)C(O)C2NC(C)=O)CC(=O)NCCOCCCC2CC(CO)C(O)C(O)C2CC(C)=O)cc(OCC(=O)N(CC(=O)CCCOCCOC2OC(CO)C(O)C(O)C2NC(C)=O)CC(=O)NCCOCCOC2OC(CO)C(O)C(O)C2NC(C)=O)c1. The maximum absolute atomic E-state index is 14.3. The number of nitrogens with zero attached hydrogens (tertiary/aromatic N) is 2. The van der Waals surface area contributed by atoms with Crippen LogP contribution in [0.15, 0.2) is 18.2 Å². The van der Waals surface area contributed by atoms with Gasteiger partial charge in [-0.2, -0.15) is 0 Å². The molecular weight excluding hydrogens is 1650 g/mol. The van der Waals surface area contributed by atoms with Gasteiger partial charge >= 0.3 is 0 Å². The predicted molar refractivity (Wildman–Crippen MR) is 416 cm³/mol. The summed E-state index contributed by atoms with van der Waals surface area (Å²) in [7, 11) is 0.976. The molecule has 2 saturated heterocycles. The van der Waals surface area contributed by atoms with Gasteiger partial charge in [-0.25, -0.2) is 0 Å². The van der Waals surface area contributed by atoms with Crippen LogP contribution in [-0.2, 0) is 111 Å². The van der Waals surface area contributed by atoms with Gasteiger partial charge in [0.05, 0.1) is 110 Å². The Morgan fingerprint density at radius 1 is 0.488 bits per heavy atom. The molecule has 2 aliphatic carbocycles. The molecule has 21 atom stereocenters. The zero-order valence-electron chi connectivity index (χ0n) is 68.4. The van der Waals surface area contributed by atoms with E-state index in [2.05, 4.69) is 31.1 Å². The molecule has 0 bridgehead atoms. The molecule has 7 amide bonds. The minimum Gasteiger partial charge on any atom is -0.780 e. The molecular formula is C75H121N7O37PS-. The Labute approximate surface area is 704 Å². The third-order valence-electron chi connectivity index (χ3n) is 20.2. The fourth-order valence-corrected chi connectivity index (χ4v) is 14.5. The van der Waals surface area contributed by atoms with Crippen molar-refractivity contribution in [3.63, 3.8) is 0 Å². The average Bonchev–Trinajstić information content (AvgIpc) is 0.903. The van der Waals surface area contributed by atoms with Crippen LogP contribution in [-0.4, -0.2) is 399 Å². The summed E-state index contributed by atoms with van der Waals surface area (Å²) in [5, 5.41) is 136. The van der Waals surface area contributed by atoms with Gasteiger partial charge in [-0.05, 0) is 69.4 Å². The number of aliphatic hydroxyl groups excluding tert-OH is 12. The Balaban J connectivity index is 1.28. The molecule has 0 aromatic heterocycles. The molecule has 2 aliphatic heterocycles. The zero-order chi connectivity index (χ0) is 89.5. The van der Waals surface area contributed by atoms with Crippen molar-refractivity contribution in [1.82, 2.24) is 36.4 Å². The number of hydrogen-bond acceptors (Lipinski definition) is 38. The van der Waals surface area contributed by atoms with Crippen LogP contribution in [0.25, 0.3) is 0 Å². The molecule has 0 spiro atoms. The highest BCUT2D eigenvalue weighted by Gasteiger charge is 2.49. The number of Topliss-reactive ketones (excluding diaryl/α,β-unsaturated/α-hetero) is 4. The Kier molecular flexibility index (Phi) is 47.8. The summed E-state index contributed by atoms with van der Waals surface area (Å²) in [6, 6.07) is -0.138. The molecule has 121 heavy (non-hydrogen) atoms. The van der Waals surface area contributed by atoms with Crippen LogP contribution in [0.4, 0.5) is 0 Å². The monoisotopic (exact) mass is 1770 g/mol. The number of nitrogens with one attached hydrogen (secondary N) is 5. The molecule has 690 valence electrons. The topological polar surface area (TPSA) is 640 Å². The van der Waals surface area contributed by atoms with Crippen molar-refractivity contribution < 1.29 is 180 Å². The number of benzene rings is 1. The van der Waals surface area contributed by atoms with E-state index in [1.54, 1.807) is 0 Å². The lowest BCUT2D eigenvalue weighted by atomic mass is 9.67. The predicted octanol–water partition coefficient (Wildman–Crippen LogP) is -8.20. The number of hydrogen-bond donors (Lipinski definition) is 17. The normalized spacial score (nSPS) is 27.1. The quantitative estimate of drug-likeness (QED) is 0.0164. The van der Waals surface area contributed by atoms with Crippen LogP contribution in [0.5, 0.6) is 11.5 Å². The molecule has 44 nitrogen and oxygen atoms in total. The lowest BCUT2D eigenvalue weighted by Crippen LogP contribution is -2.64. The fourth-order valence-electron chi connectivity index (χ4n) is 13.9. The van der Waals surface area contributed by atoms with Crippen molar-refractivity contribution in [2.24, 2.45) is 23.7 Å². The van der Waals surface area contributed by atoms with Gasteiger partial charge in [-0.1, -0.05) is 11.8 Å². The summed E-state index contributed by atoms with van der Waals surface area (Å²) in [5.41, 5.74) is -0.317. The number of rotatable bonds is 58.